The molecule has 0 atom stereocenters. The Morgan fingerprint density at radius 1 is 1.54 bits per heavy atom. The standard InChI is InChI=1S/C9H11ClN2O/c1-2-7-9(10)12-5-6(13)3-4-8(12)11-7/h2-5H2,1H3. The maximum absolute atomic E-state index is 11.2. The molecule has 0 unspecified atom stereocenters. The van der Waals surface area contributed by atoms with Crippen LogP contribution in [0.25, 0.3) is 0 Å². The molecule has 0 spiro atoms. The van der Waals surface area contributed by atoms with E-state index in [-0.39, 0.29) is 5.78 Å². The molecule has 70 valence electrons. The zero-order chi connectivity index (χ0) is 9.42. The van der Waals surface area contributed by atoms with Crippen LogP contribution in [0.15, 0.2) is 0 Å². The highest BCUT2D eigenvalue weighted by Gasteiger charge is 2.21. The molecule has 0 fully saturated rings. The second-order valence-electron chi connectivity index (χ2n) is 3.24. The van der Waals surface area contributed by atoms with E-state index < -0.39 is 0 Å². The van der Waals surface area contributed by atoms with Gasteiger partial charge in [-0.1, -0.05) is 18.5 Å². The van der Waals surface area contributed by atoms with Crippen LogP contribution in [-0.4, -0.2) is 15.3 Å². The van der Waals surface area contributed by atoms with Crippen molar-refractivity contribution in [3.63, 3.8) is 0 Å². The van der Waals surface area contributed by atoms with E-state index in [9.17, 15) is 4.79 Å². The number of aryl methyl sites for hydroxylation is 2. The van der Waals surface area contributed by atoms with Crippen molar-refractivity contribution in [3.05, 3.63) is 16.7 Å². The van der Waals surface area contributed by atoms with Crippen molar-refractivity contribution >= 4 is 17.4 Å². The third-order valence-electron chi connectivity index (χ3n) is 2.35. The quantitative estimate of drug-likeness (QED) is 0.687. The predicted molar refractivity (Wildman–Crippen MR) is 49.9 cm³/mol. The summed E-state index contributed by atoms with van der Waals surface area (Å²) in [6, 6.07) is 0. The first-order valence-electron chi connectivity index (χ1n) is 4.48. The number of halogens is 1. The van der Waals surface area contributed by atoms with Gasteiger partial charge in [0.25, 0.3) is 0 Å². The molecular weight excluding hydrogens is 188 g/mol. The van der Waals surface area contributed by atoms with Crippen LogP contribution in [0.1, 0.15) is 24.9 Å². The number of rotatable bonds is 1. The molecular formula is C9H11ClN2O. The van der Waals surface area contributed by atoms with Gasteiger partial charge in [-0.15, -0.1) is 0 Å². The van der Waals surface area contributed by atoms with Gasteiger partial charge in [-0.2, -0.15) is 0 Å². The van der Waals surface area contributed by atoms with Crippen molar-refractivity contribution in [2.45, 2.75) is 32.7 Å². The Kier molecular flexibility index (Phi) is 2.12. The second kappa shape index (κ2) is 3.14. The molecule has 0 aliphatic carbocycles. The Bertz CT molecular complexity index is 357. The summed E-state index contributed by atoms with van der Waals surface area (Å²) in [6.07, 6.45) is 2.17. The summed E-state index contributed by atoms with van der Waals surface area (Å²) in [7, 11) is 0. The van der Waals surface area contributed by atoms with Crippen LogP contribution in [0.3, 0.4) is 0 Å². The number of hydrogen-bond acceptors (Lipinski definition) is 2. The fourth-order valence-electron chi connectivity index (χ4n) is 1.61. The topological polar surface area (TPSA) is 34.9 Å². The van der Waals surface area contributed by atoms with Crippen LogP contribution >= 0.6 is 11.6 Å². The number of nitrogens with zero attached hydrogens (tertiary/aromatic N) is 2. The number of aromatic nitrogens is 2. The lowest BCUT2D eigenvalue weighted by atomic mass is 10.1. The molecule has 0 amide bonds. The van der Waals surface area contributed by atoms with Crippen LogP contribution in [0.4, 0.5) is 0 Å². The van der Waals surface area contributed by atoms with E-state index in [1.54, 1.807) is 0 Å². The Balaban J connectivity index is 2.45. The van der Waals surface area contributed by atoms with Gasteiger partial charge in [-0.25, -0.2) is 4.98 Å². The molecule has 0 aromatic carbocycles. The zero-order valence-electron chi connectivity index (χ0n) is 7.51. The molecule has 2 rings (SSSR count). The summed E-state index contributed by atoms with van der Waals surface area (Å²) >= 11 is 6.06. The van der Waals surface area contributed by atoms with Gasteiger partial charge in [0.1, 0.15) is 11.0 Å². The SMILES string of the molecule is CCc1nc2n(c1Cl)CC(=O)CC2. The first-order valence-corrected chi connectivity index (χ1v) is 4.85. The fraction of sp³-hybridized carbons (Fsp3) is 0.556. The third-order valence-corrected chi connectivity index (χ3v) is 2.77. The van der Waals surface area contributed by atoms with Gasteiger partial charge in [-0.3, -0.25) is 4.79 Å². The molecule has 3 nitrogen and oxygen atoms in total. The van der Waals surface area contributed by atoms with Gasteiger partial charge in [0, 0.05) is 12.8 Å². The smallest absolute Gasteiger partial charge is 0.153 e. The van der Waals surface area contributed by atoms with Crippen molar-refractivity contribution in [1.82, 2.24) is 9.55 Å². The number of imidazole rings is 1. The van der Waals surface area contributed by atoms with E-state index in [0.29, 0.717) is 18.1 Å². The number of carbonyl (C=O) groups excluding carboxylic acids is 1. The fourth-order valence-corrected chi connectivity index (χ4v) is 1.95. The molecule has 13 heavy (non-hydrogen) atoms. The van der Waals surface area contributed by atoms with Gasteiger partial charge >= 0.3 is 0 Å². The summed E-state index contributed by atoms with van der Waals surface area (Å²) < 4.78 is 1.83. The molecule has 1 aliphatic rings. The first kappa shape index (κ1) is 8.75. The predicted octanol–water partition coefficient (Wildman–Crippen LogP) is 1.61. The third kappa shape index (κ3) is 1.37. The molecule has 0 bridgehead atoms. The lowest BCUT2D eigenvalue weighted by Crippen LogP contribution is -2.19. The number of Topliss-reactive ketones (excluding diaryl/α,β-unsaturated/α-hetero) is 1. The molecule has 0 saturated heterocycles. The lowest BCUT2D eigenvalue weighted by Gasteiger charge is -2.12. The molecule has 0 N–H and O–H groups in total. The minimum Gasteiger partial charge on any atom is -0.311 e. The van der Waals surface area contributed by atoms with E-state index in [1.165, 1.54) is 0 Å². The van der Waals surface area contributed by atoms with Crippen molar-refractivity contribution in [2.24, 2.45) is 0 Å². The van der Waals surface area contributed by atoms with Gasteiger partial charge in [0.2, 0.25) is 0 Å². The molecule has 1 aromatic heterocycles. The summed E-state index contributed by atoms with van der Waals surface area (Å²) in [6.45, 7) is 2.42. The maximum Gasteiger partial charge on any atom is 0.153 e. The average Bonchev–Trinajstić information content (AvgIpc) is 2.44. The van der Waals surface area contributed by atoms with Crippen molar-refractivity contribution in [2.75, 3.05) is 0 Å². The van der Waals surface area contributed by atoms with Crippen molar-refractivity contribution < 1.29 is 4.79 Å². The Labute approximate surface area is 81.7 Å². The molecule has 1 aromatic rings. The Morgan fingerprint density at radius 3 is 3.00 bits per heavy atom. The normalized spacial score (nSPS) is 16.0. The first-order chi connectivity index (χ1) is 6.22. The maximum atomic E-state index is 11.2. The number of ketones is 1. The molecule has 0 saturated carbocycles. The lowest BCUT2D eigenvalue weighted by molar-refractivity contribution is -0.120. The van der Waals surface area contributed by atoms with Gasteiger partial charge in [0.05, 0.1) is 12.2 Å². The van der Waals surface area contributed by atoms with Crippen LogP contribution in [0.2, 0.25) is 5.15 Å². The highest BCUT2D eigenvalue weighted by atomic mass is 35.5. The summed E-state index contributed by atoms with van der Waals surface area (Å²) in [5, 5.41) is 0.644. The van der Waals surface area contributed by atoms with Crippen molar-refractivity contribution in [3.8, 4) is 0 Å². The summed E-state index contributed by atoms with van der Waals surface area (Å²) in [4.78, 5) is 15.6. The van der Waals surface area contributed by atoms with Gasteiger partial charge in [0.15, 0.2) is 5.78 Å². The van der Waals surface area contributed by atoms with E-state index >= 15 is 0 Å². The van der Waals surface area contributed by atoms with Crippen LogP contribution in [-0.2, 0) is 24.2 Å². The van der Waals surface area contributed by atoms with Crippen molar-refractivity contribution in [1.29, 1.82) is 0 Å². The molecule has 1 aliphatic heterocycles. The summed E-state index contributed by atoms with van der Waals surface area (Å²) in [5.74, 6) is 1.20. The van der Waals surface area contributed by atoms with E-state index in [1.807, 2.05) is 11.5 Å². The van der Waals surface area contributed by atoms with Crippen LogP contribution in [0, 0.1) is 0 Å². The highest BCUT2D eigenvalue weighted by Crippen LogP contribution is 2.22. The average molecular weight is 199 g/mol. The van der Waals surface area contributed by atoms with Crippen LogP contribution in [0.5, 0.6) is 0 Å². The second-order valence-corrected chi connectivity index (χ2v) is 3.60. The Morgan fingerprint density at radius 2 is 2.31 bits per heavy atom. The monoisotopic (exact) mass is 198 g/mol. The van der Waals surface area contributed by atoms with Gasteiger partial charge < -0.3 is 4.57 Å². The molecule has 4 heteroatoms. The molecule has 2 heterocycles. The minimum atomic E-state index is 0.245. The van der Waals surface area contributed by atoms with E-state index in [2.05, 4.69) is 4.98 Å². The zero-order valence-corrected chi connectivity index (χ0v) is 8.26. The highest BCUT2D eigenvalue weighted by molar-refractivity contribution is 6.30. The molecule has 0 radical (unpaired) electrons. The minimum absolute atomic E-state index is 0.245. The number of fused-ring (bicyclic) bond motifs is 1. The number of carbonyl (C=O) groups is 1. The summed E-state index contributed by atoms with van der Waals surface area (Å²) in [5.41, 5.74) is 0.909. The number of hydrogen-bond donors (Lipinski definition) is 0. The van der Waals surface area contributed by atoms with E-state index in [0.717, 1.165) is 24.4 Å². The Hall–Kier alpha value is -0.830. The largest absolute Gasteiger partial charge is 0.311 e. The van der Waals surface area contributed by atoms with Gasteiger partial charge in [-0.05, 0) is 6.42 Å². The van der Waals surface area contributed by atoms with Crippen LogP contribution < -0.4 is 0 Å². The van der Waals surface area contributed by atoms with E-state index in [4.69, 9.17) is 11.6 Å².